The van der Waals surface area contributed by atoms with Gasteiger partial charge in [0.15, 0.2) is 0 Å². The molecule has 3 aromatic carbocycles. The van der Waals surface area contributed by atoms with Crippen molar-refractivity contribution >= 4 is 28.8 Å². The number of urea groups is 1. The summed E-state index contributed by atoms with van der Waals surface area (Å²) in [5, 5.41) is 2.92. The fourth-order valence-electron chi connectivity index (χ4n) is 5.42. The van der Waals surface area contributed by atoms with Gasteiger partial charge in [-0.1, -0.05) is 24.3 Å². The number of aromatic nitrogens is 2. The Morgan fingerprint density at radius 1 is 1.10 bits per heavy atom. The number of carbonyl (C=O) groups is 2. The van der Waals surface area contributed by atoms with Crippen molar-refractivity contribution < 1.29 is 23.1 Å². The molecule has 206 valence electrons. The number of piperidine rings is 1. The lowest BCUT2D eigenvalue weighted by Crippen LogP contribution is -2.48. The molecular weight excluding hydrogens is 516 g/mol. The summed E-state index contributed by atoms with van der Waals surface area (Å²) in [4.78, 5) is 37.2. The summed E-state index contributed by atoms with van der Waals surface area (Å²) in [5.41, 5.74) is 4.97. The number of hydrogen-bond acceptors (Lipinski definition) is 5. The van der Waals surface area contributed by atoms with E-state index in [2.05, 4.69) is 15.3 Å². The minimum atomic E-state index is -0.510. The Bertz CT molecular complexity index is 1570. The zero-order valence-corrected chi connectivity index (χ0v) is 21.8. The van der Waals surface area contributed by atoms with Crippen molar-refractivity contribution in [2.75, 3.05) is 38.2 Å². The summed E-state index contributed by atoms with van der Waals surface area (Å²) >= 11 is 0. The number of aromatic amines is 1. The molecule has 1 atom stereocenters. The number of hydrogen-bond donors (Lipinski definition) is 2. The monoisotopic (exact) mass is 545 g/mol. The van der Waals surface area contributed by atoms with Crippen molar-refractivity contribution in [3.8, 4) is 16.9 Å². The SMILES string of the molecule is O=C1CCN(C(=O)N2CCOc3ccc(-c4ccc5[nH]c(NCCF)nc5c4)cc3C2)C(c2cccc(F)c2)C1. The van der Waals surface area contributed by atoms with Gasteiger partial charge in [-0.15, -0.1) is 0 Å². The van der Waals surface area contributed by atoms with Gasteiger partial charge in [0.2, 0.25) is 5.95 Å². The largest absolute Gasteiger partial charge is 0.491 e. The Morgan fingerprint density at radius 3 is 2.80 bits per heavy atom. The lowest BCUT2D eigenvalue weighted by atomic mass is 9.94. The third-order valence-electron chi connectivity index (χ3n) is 7.42. The molecule has 0 spiro atoms. The second kappa shape index (κ2) is 11.0. The van der Waals surface area contributed by atoms with E-state index in [0.29, 0.717) is 37.0 Å². The van der Waals surface area contributed by atoms with Crippen LogP contribution in [0.2, 0.25) is 0 Å². The third kappa shape index (κ3) is 5.21. The average molecular weight is 546 g/mol. The molecule has 1 unspecified atom stereocenters. The number of likely N-dealkylation sites (tertiary alicyclic amines) is 1. The maximum Gasteiger partial charge on any atom is 0.320 e. The fraction of sp³-hybridized carbons (Fsp3) is 0.300. The molecule has 1 aromatic heterocycles. The quantitative estimate of drug-likeness (QED) is 0.347. The molecule has 0 aliphatic carbocycles. The van der Waals surface area contributed by atoms with Gasteiger partial charge in [-0.3, -0.25) is 4.79 Å². The molecule has 2 aliphatic heterocycles. The van der Waals surface area contributed by atoms with Gasteiger partial charge in [0.05, 0.1) is 30.2 Å². The first-order valence-corrected chi connectivity index (χ1v) is 13.4. The number of carbonyl (C=O) groups excluding carboxylic acids is 2. The molecule has 1 saturated heterocycles. The summed E-state index contributed by atoms with van der Waals surface area (Å²) in [7, 11) is 0. The molecule has 0 radical (unpaired) electrons. The first kappa shape index (κ1) is 25.8. The first-order valence-electron chi connectivity index (χ1n) is 13.4. The minimum absolute atomic E-state index is 0.0618. The molecule has 0 bridgehead atoms. The van der Waals surface area contributed by atoms with E-state index in [1.807, 2.05) is 36.4 Å². The van der Waals surface area contributed by atoms with Crippen molar-refractivity contribution in [3.63, 3.8) is 0 Å². The number of nitrogens with one attached hydrogen (secondary N) is 2. The van der Waals surface area contributed by atoms with Gasteiger partial charge < -0.3 is 24.8 Å². The Hall–Kier alpha value is -4.47. The van der Waals surface area contributed by atoms with Gasteiger partial charge in [-0.05, 0) is 53.1 Å². The molecule has 10 heteroatoms. The third-order valence-corrected chi connectivity index (χ3v) is 7.42. The van der Waals surface area contributed by atoms with Crippen LogP contribution in [0.1, 0.15) is 30.0 Å². The van der Waals surface area contributed by atoms with E-state index < -0.39 is 18.5 Å². The van der Waals surface area contributed by atoms with E-state index in [1.54, 1.807) is 21.9 Å². The Kier molecular flexibility index (Phi) is 7.06. The van der Waals surface area contributed by atoms with E-state index in [4.69, 9.17) is 4.74 Å². The van der Waals surface area contributed by atoms with Crippen LogP contribution in [-0.4, -0.2) is 64.5 Å². The maximum absolute atomic E-state index is 14.0. The van der Waals surface area contributed by atoms with E-state index in [0.717, 1.165) is 27.7 Å². The standard InChI is InChI=1S/C30H29F2N5O3/c31-9-10-33-29-34-25-6-4-20(16-26(25)35-29)19-5-7-28-22(14-19)18-36(12-13-40-28)30(39)37-11-8-24(38)17-27(37)21-2-1-3-23(32)15-21/h1-7,14-16,27H,8-13,17-18H2,(H2,33,34,35). The van der Waals surface area contributed by atoms with Crippen molar-refractivity contribution in [2.24, 2.45) is 0 Å². The summed E-state index contributed by atoms with van der Waals surface area (Å²) in [6, 6.07) is 17.2. The van der Waals surface area contributed by atoms with E-state index in [1.165, 1.54) is 12.1 Å². The summed E-state index contributed by atoms with van der Waals surface area (Å²) in [5.74, 6) is 0.901. The van der Waals surface area contributed by atoms with Crippen LogP contribution in [0.3, 0.4) is 0 Å². The highest BCUT2D eigenvalue weighted by Crippen LogP contribution is 2.34. The molecule has 6 rings (SSSR count). The van der Waals surface area contributed by atoms with Crippen LogP contribution in [-0.2, 0) is 11.3 Å². The molecule has 2 amide bonds. The van der Waals surface area contributed by atoms with Gasteiger partial charge >= 0.3 is 6.03 Å². The second-order valence-corrected chi connectivity index (χ2v) is 10.1. The van der Waals surface area contributed by atoms with Crippen molar-refractivity contribution in [3.05, 3.63) is 77.6 Å². The molecule has 40 heavy (non-hydrogen) atoms. The number of amides is 2. The zero-order valence-electron chi connectivity index (χ0n) is 21.8. The molecule has 8 nitrogen and oxygen atoms in total. The number of imidazole rings is 1. The number of ether oxygens (including phenoxy) is 1. The average Bonchev–Trinajstić information content (AvgIpc) is 3.25. The number of benzene rings is 3. The molecule has 2 aliphatic rings. The summed E-state index contributed by atoms with van der Waals surface area (Å²) in [6.07, 6.45) is 0.449. The Morgan fingerprint density at radius 2 is 1.95 bits per heavy atom. The predicted octanol–water partition coefficient (Wildman–Crippen LogP) is 5.47. The predicted molar refractivity (Wildman–Crippen MR) is 147 cm³/mol. The van der Waals surface area contributed by atoms with Crippen molar-refractivity contribution in [2.45, 2.75) is 25.4 Å². The summed E-state index contributed by atoms with van der Waals surface area (Å²) in [6.45, 7) is 1.05. The lowest BCUT2D eigenvalue weighted by molar-refractivity contribution is -0.122. The second-order valence-electron chi connectivity index (χ2n) is 10.1. The van der Waals surface area contributed by atoms with Crippen LogP contribution >= 0.6 is 0 Å². The lowest BCUT2D eigenvalue weighted by Gasteiger charge is -2.38. The number of H-pyrrole nitrogens is 1. The van der Waals surface area contributed by atoms with Crippen LogP contribution in [0, 0.1) is 5.82 Å². The molecule has 3 heterocycles. The number of ketones is 1. The Balaban J connectivity index is 1.25. The number of Topliss-reactive ketones (excluding diaryl/α,β-unsaturated/α-hetero) is 1. The van der Waals surface area contributed by atoms with Gasteiger partial charge in [0.1, 0.15) is 30.6 Å². The number of fused-ring (bicyclic) bond motifs is 2. The zero-order chi connectivity index (χ0) is 27.6. The van der Waals surface area contributed by atoms with E-state index in [9.17, 15) is 18.4 Å². The Labute approximate surface area is 229 Å². The van der Waals surface area contributed by atoms with Crippen LogP contribution in [0.5, 0.6) is 5.75 Å². The highest BCUT2D eigenvalue weighted by atomic mass is 19.1. The molecular formula is C30H29F2N5O3. The van der Waals surface area contributed by atoms with Crippen molar-refractivity contribution in [1.29, 1.82) is 0 Å². The van der Waals surface area contributed by atoms with Gasteiger partial charge in [0.25, 0.3) is 0 Å². The fourth-order valence-corrected chi connectivity index (χ4v) is 5.42. The normalized spacial score (nSPS) is 17.4. The van der Waals surface area contributed by atoms with Crippen molar-refractivity contribution in [1.82, 2.24) is 19.8 Å². The first-order chi connectivity index (χ1) is 19.5. The van der Waals surface area contributed by atoms with Crippen LogP contribution < -0.4 is 10.1 Å². The van der Waals surface area contributed by atoms with E-state index >= 15 is 0 Å². The summed E-state index contributed by atoms with van der Waals surface area (Å²) < 4.78 is 32.5. The van der Waals surface area contributed by atoms with Crippen LogP contribution in [0.25, 0.3) is 22.2 Å². The number of anilines is 1. The number of halogens is 2. The smallest absolute Gasteiger partial charge is 0.320 e. The number of nitrogens with zero attached hydrogens (tertiary/aromatic N) is 3. The highest BCUT2D eigenvalue weighted by molar-refractivity contribution is 5.85. The van der Waals surface area contributed by atoms with Gasteiger partial charge in [0, 0.05) is 31.5 Å². The highest BCUT2D eigenvalue weighted by Gasteiger charge is 2.35. The molecule has 1 fully saturated rings. The molecule has 0 saturated carbocycles. The number of rotatable bonds is 5. The maximum atomic E-state index is 14.0. The molecule has 4 aromatic rings. The van der Waals surface area contributed by atoms with Gasteiger partial charge in [-0.2, -0.15) is 0 Å². The minimum Gasteiger partial charge on any atom is -0.491 e. The van der Waals surface area contributed by atoms with Crippen LogP contribution in [0.15, 0.2) is 60.7 Å². The number of alkyl halides is 1. The molecule has 2 N–H and O–H groups in total. The van der Waals surface area contributed by atoms with Crippen LogP contribution in [0.4, 0.5) is 19.5 Å². The topological polar surface area (TPSA) is 90.6 Å². The van der Waals surface area contributed by atoms with Gasteiger partial charge in [-0.25, -0.2) is 18.6 Å². The van der Waals surface area contributed by atoms with E-state index in [-0.39, 0.29) is 37.7 Å².